The van der Waals surface area contributed by atoms with Crippen molar-refractivity contribution in [2.75, 3.05) is 11.9 Å². The lowest BCUT2D eigenvalue weighted by Gasteiger charge is -2.21. The molecule has 1 aliphatic heterocycles. The quantitative estimate of drug-likeness (QED) is 0.615. The number of fused-ring (bicyclic) bond motifs is 1. The first-order chi connectivity index (χ1) is 8.62. The standard InChI is InChI=1S/C9H7ClF3NO3S2/c1-14-6-4-5(10)2-3-7(6)18-8(14)17-19(15,16)9(11,12)13/h2-4,8H,1H3. The molecule has 10 heteroatoms. The number of thioether (sulfide) groups is 1. The van der Waals surface area contributed by atoms with Crippen molar-refractivity contribution in [2.24, 2.45) is 0 Å². The van der Waals surface area contributed by atoms with Crippen LogP contribution < -0.4 is 4.90 Å². The van der Waals surface area contributed by atoms with Gasteiger partial charge in [-0.2, -0.15) is 21.6 Å². The Bertz CT molecular complexity index is 605. The molecule has 0 fully saturated rings. The summed E-state index contributed by atoms with van der Waals surface area (Å²) < 4.78 is 62.8. The van der Waals surface area contributed by atoms with Crippen molar-refractivity contribution in [3.8, 4) is 0 Å². The molecule has 0 saturated carbocycles. The van der Waals surface area contributed by atoms with E-state index in [1.54, 1.807) is 12.1 Å². The number of hydrogen-bond acceptors (Lipinski definition) is 5. The fourth-order valence-corrected chi connectivity index (χ4v) is 3.46. The minimum atomic E-state index is -5.64. The maximum absolute atomic E-state index is 12.2. The molecule has 0 radical (unpaired) electrons. The lowest BCUT2D eigenvalue weighted by Crippen LogP contribution is -2.35. The summed E-state index contributed by atoms with van der Waals surface area (Å²) in [4.78, 5) is 1.86. The fourth-order valence-electron chi connectivity index (χ4n) is 1.41. The first-order valence-electron chi connectivity index (χ1n) is 4.80. The van der Waals surface area contributed by atoms with Gasteiger partial charge in [0.2, 0.25) is 5.56 Å². The van der Waals surface area contributed by atoms with E-state index in [0.29, 0.717) is 15.6 Å². The first kappa shape index (κ1) is 14.8. The van der Waals surface area contributed by atoms with Crippen LogP contribution in [0, 0.1) is 0 Å². The predicted octanol–water partition coefficient (Wildman–Crippen LogP) is 3.03. The van der Waals surface area contributed by atoms with Crippen LogP contribution in [0.1, 0.15) is 0 Å². The van der Waals surface area contributed by atoms with Gasteiger partial charge < -0.3 is 4.90 Å². The second-order valence-electron chi connectivity index (χ2n) is 3.64. The molecule has 0 aromatic heterocycles. The van der Waals surface area contributed by atoms with Crippen LogP contribution in [-0.2, 0) is 14.3 Å². The highest BCUT2D eigenvalue weighted by atomic mass is 35.5. The first-order valence-corrected chi connectivity index (χ1v) is 7.47. The molecular formula is C9H7ClF3NO3S2. The Labute approximate surface area is 116 Å². The zero-order valence-corrected chi connectivity index (χ0v) is 11.7. The van der Waals surface area contributed by atoms with Gasteiger partial charge in [-0.15, -0.1) is 0 Å². The predicted molar refractivity (Wildman–Crippen MR) is 65.6 cm³/mol. The van der Waals surface area contributed by atoms with Crippen molar-refractivity contribution in [1.29, 1.82) is 0 Å². The zero-order chi connectivity index (χ0) is 14.4. The fraction of sp³-hybridized carbons (Fsp3) is 0.333. The van der Waals surface area contributed by atoms with E-state index in [1.807, 2.05) is 0 Å². The average molecular weight is 334 g/mol. The van der Waals surface area contributed by atoms with Crippen molar-refractivity contribution >= 4 is 39.2 Å². The lowest BCUT2D eigenvalue weighted by atomic mass is 10.3. The van der Waals surface area contributed by atoms with Crippen LogP contribution in [0.25, 0.3) is 0 Å². The Balaban J connectivity index is 2.24. The molecule has 4 nitrogen and oxygen atoms in total. The summed E-state index contributed by atoms with van der Waals surface area (Å²) in [6.45, 7) is 0. The van der Waals surface area contributed by atoms with E-state index in [1.165, 1.54) is 18.0 Å². The Kier molecular flexibility index (Phi) is 3.67. The van der Waals surface area contributed by atoms with Gasteiger partial charge in [0.05, 0.1) is 5.69 Å². The summed E-state index contributed by atoms with van der Waals surface area (Å²) in [5.74, 6) is 0. The smallest absolute Gasteiger partial charge is 0.338 e. The number of rotatable bonds is 2. The summed E-state index contributed by atoms with van der Waals surface area (Å²) in [6.07, 6.45) is 0. The van der Waals surface area contributed by atoms with E-state index in [2.05, 4.69) is 4.18 Å². The maximum atomic E-state index is 12.2. The molecular weight excluding hydrogens is 327 g/mol. The van der Waals surface area contributed by atoms with Crippen LogP contribution in [0.2, 0.25) is 5.02 Å². The van der Waals surface area contributed by atoms with Gasteiger partial charge in [-0.25, -0.2) is 4.18 Å². The van der Waals surface area contributed by atoms with Gasteiger partial charge in [0, 0.05) is 17.0 Å². The summed E-state index contributed by atoms with van der Waals surface area (Å²) in [6, 6.07) is 4.66. The van der Waals surface area contributed by atoms with Crippen LogP contribution in [0.3, 0.4) is 0 Å². The molecule has 1 aliphatic rings. The van der Waals surface area contributed by atoms with E-state index in [4.69, 9.17) is 11.6 Å². The molecule has 1 heterocycles. The molecule has 19 heavy (non-hydrogen) atoms. The van der Waals surface area contributed by atoms with Crippen LogP contribution in [-0.4, -0.2) is 26.5 Å². The maximum Gasteiger partial charge on any atom is 0.523 e. The number of alkyl halides is 3. The van der Waals surface area contributed by atoms with Crippen molar-refractivity contribution in [3.63, 3.8) is 0 Å². The van der Waals surface area contributed by atoms with Crippen molar-refractivity contribution in [1.82, 2.24) is 0 Å². The van der Waals surface area contributed by atoms with Crippen LogP contribution in [0.5, 0.6) is 0 Å². The monoisotopic (exact) mass is 333 g/mol. The van der Waals surface area contributed by atoms with Gasteiger partial charge in [-0.05, 0) is 18.2 Å². The molecule has 0 saturated heterocycles. The highest BCUT2D eigenvalue weighted by Crippen LogP contribution is 2.45. The minimum Gasteiger partial charge on any atom is -0.338 e. The number of halogens is 4. The normalized spacial score (nSPS) is 19.6. The summed E-state index contributed by atoms with van der Waals surface area (Å²) >= 11 is 6.63. The Hall–Kier alpha value is -0.640. The molecule has 0 aliphatic carbocycles. The third-order valence-corrected chi connectivity index (χ3v) is 4.91. The van der Waals surface area contributed by atoms with E-state index in [9.17, 15) is 21.6 Å². The molecule has 2 rings (SSSR count). The topological polar surface area (TPSA) is 46.6 Å². The zero-order valence-electron chi connectivity index (χ0n) is 9.31. The third-order valence-electron chi connectivity index (χ3n) is 2.34. The second kappa shape index (κ2) is 4.72. The van der Waals surface area contributed by atoms with E-state index >= 15 is 0 Å². The van der Waals surface area contributed by atoms with E-state index < -0.39 is 21.2 Å². The Morgan fingerprint density at radius 1 is 1.42 bits per heavy atom. The van der Waals surface area contributed by atoms with Gasteiger partial charge in [0.1, 0.15) is 0 Å². The molecule has 1 atom stereocenters. The van der Waals surface area contributed by atoms with Crippen molar-refractivity contribution < 1.29 is 25.8 Å². The summed E-state index contributed by atoms with van der Waals surface area (Å²) in [7, 11) is -4.22. The third kappa shape index (κ3) is 2.78. The lowest BCUT2D eigenvalue weighted by molar-refractivity contribution is -0.0548. The van der Waals surface area contributed by atoms with Crippen LogP contribution >= 0.6 is 23.4 Å². The molecule has 0 spiro atoms. The van der Waals surface area contributed by atoms with Gasteiger partial charge in [0.15, 0.2) is 0 Å². The van der Waals surface area contributed by atoms with Gasteiger partial charge in [-0.1, -0.05) is 23.4 Å². The van der Waals surface area contributed by atoms with Crippen LogP contribution in [0.4, 0.5) is 18.9 Å². The molecule has 1 unspecified atom stereocenters. The molecule has 1 aromatic carbocycles. The number of hydrogen-bond donors (Lipinski definition) is 0. The SMILES string of the molecule is CN1c2cc(Cl)ccc2SC1OS(=O)(=O)C(F)(F)F. The molecule has 0 N–H and O–H groups in total. The molecule has 1 aromatic rings. The van der Waals surface area contributed by atoms with Gasteiger partial charge >= 0.3 is 15.6 Å². The number of nitrogens with zero attached hydrogens (tertiary/aromatic N) is 1. The van der Waals surface area contributed by atoms with Crippen molar-refractivity contribution in [2.45, 2.75) is 16.0 Å². The highest BCUT2D eigenvalue weighted by molar-refractivity contribution is 8.01. The van der Waals surface area contributed by atoms with Crippen molar-refractivity contribution in [3.05, 3.63) is 23.2 Å². The number of benzene rings is 1. The average Bonchev–Trinajstić information content (AvgIpc) is 2.54. The number of anilines is 1. The largest absolute Gasteiger partial charge is 0.523 e. The molecule has 0 amide bonds. The summed E-state index contributed by atoms with van der Waals surface area (Å²) in [5, 5.41) is 0.394. The highest BCUT2D eigenvalue weighted by Gasteiger charge is 2.50. The molecule has 106 valence electrons. The molecule has 0 bridgehead atoms. The Morgan fingerprint density at radius 2 is 2.05 bits per heavy atom. The van der Waals surface area contributed by atoms with Gasteiger partial charge in [0.25, 0.3) is 0 Å². The Morgan fingerprint density at radius 3 is 2.63 bits per heavy atom. The van der Waals surface area contributed by atoms with E-state index in [0.717, 1.165) is 11.8 Å². The van der Waals surface area contributed by atoms with E-state index in [-0.39, 0.29) is 0 Å². The summed E-state index contributed by atoms with van der Waals surface area (Å²) in [5.41, 5.74) is -6.24. The van der Waals surface area contributed by atoms with Gasteiger partial charge in [-0.3, -0.25) is 0 Å². The second-order valence-corrected chi connectivity index (χ2v) is 6.72. The minimum absolute atomic E-state index is 0.394. The van der Waals surface area contributed by atoms with Crippen LogP contribution in [0.15, 0.2) is 23.1 Å².